The van der Waals surface area contributed by atoms with E-state index >= 15 is 0 Å². The molecule has 0 saturated carbocycles. The van der Waals surface area contributed by atoms with Gasteiger partial charge in [0.15, 0.2) is 17.3 Å². The third-order valence-electron chi connectivity index (χ3n) is 4.44. The molecule has 7 nitrogen and oxygen atoms in total. The Labute approximate surface area is 169 Å². The van der Waals surface area contributed by atoms with Gasteiger partial charge in [-0.3, -0.25) is 4.79 Å². The zero-order valence-electron chi connectivity index (χ0n) is 17.0. The van der Waals surface area contributed by atoms with Crippen molar-refractivity contribution in [1.82, 2.24) is 0 Å². The summed E-state index contributed by atoms with van der Waals surface area (Å²) in [6, 6.07) is 8.32. The molecule has 0 saturated heterocycles. The number of rotatable bonds is 9. The first-order valence-electron chi connectivity index (χ1n) is 8.76. The van der Waals surface area contributed by atoms with Crippen LogP contribution < -0.4 is 18.9 Å². The van der Waals surface area contributed by atoms with Crippen molar-refractivity contribution in [1.29, 1.82) is 0 Å². The topological polar surface area (TPSA) is 91.3 Å². The van der Waals surface area contributed by atoms with Crippen LogP contribution in [-0.4, -0.2) is 45.3 Å². The summed E-state index contributed by atoms with van der Waals surface area (Å²) in [5.41, 5.74) is 1.73. The van der Waals surface area contributed by atoms with Gasteiger partial charge in [0, 0.05) is 11.6 Å². The zero-order valence-corrected chi connectivity index (χ0v) is 17.0. The van der Waals surface area contributed by atoms with Crippen LogP contribution in [0.2, 0.25) is 0 Å². The summed E-state index contributed by atoms with van der Waals surface area (Å²) in [4.78, 5) is 24.4. The Balaban J connectivity index is 2.60. The molecule has 0 bridgehead atoms. The molecule has 0 aliphatic rings. The smallest absolute Gasteiger partial charge is 0.328 e. The second kappa shape index (κ2) is 9.64. The first-order chi connectivity index (χ1) is 13.9. The number of allylic oxidation sites excluding steroid dienone is 1. The number of carbonyl (C=O) groups excluding carboxylic acids is 1. The SMILES string of the molecule is COc1ccc(C(=O)C(C=CC(=O)O)c2cc(OC)c(OC)c(OC)c2)cc1C. The molecule has 154 valence electrons. The number of ketones is 1. The molecular weight excluding hydrogens is 376 g/mol. The number of carboxylic acids is 1. The molecule has 0 spiro atoms. The minimum Gasteiger partial charge on any atom is -0.496 e. The van der Waals surface area contributed by atoms with Crippen molar-refractivity contribution in [2.24, 2.45) is 0 Å². The molecule has 1 unspecified atom stereocenters. The quantitative estimate of drug-likeness (QED) is 0.508. The van der Waals surface area contributed by atoms with Crippen molar-refractivity contribution in [3.8, 4) is 23.0 Å². The standard InChI is InChI=1S/C22H24O7/c1-13-10-14(6-8-17(13)26-2)21(25)16(7-9-20(23)24)15-11-18(27-3)22(29-5)19(12-15)28-4/h6-12,16H,1-5H3,(H,23,24). The highest BCUT2D eigenvalue weighted by atomic mass is 16.5. The molecule has 0 aliphatic carbocycles. The van der Waals surface area contributed by atoms with Crippen LogP contribution in [0.4, 0.5) is 0 Å². The number of Topliss-reactive ketones (excluding diaryl/α,β-unsaturated/α-hetero) is 1. The number of aliphatic carboxylic acids is 1. The maximum atomic E-state index is 13.3. The van der Waals surface area contributed by atoms with E-state index in [0.717, 1.165) is 11.6 Å². The van der Waals surface area contributed by atoms with E-state index in [2.05, 4.69) is 0 Å². The Morgan fingerprint density at radius 2 is 1.48 bits per heavy atom. The Morgan fingerprint density at radius 3 is 1.93 bits per heavy atom. The van der Waals surface area contributed by atoms with Crippen LogP contribution in [0.5, 0.6) is 23.0 Å². The predicted molar refractivity (Wildman–Crippen MR) is 108 cm³/mol. The molecule has 2 aromatic carbocycles. The number of hydrogen-bond donors (Lipinski definition) is 1. The molecule has 0 heterocycles. The fraction of sp³-hybridized carbons (Fsp3) is 0.273. The van der Waals surface area contributed by atoms with Gasteiger partial charge in [0.25, 0.3) is 0 Å². The summed E-state index contributed by atoms with van der Waals surface area (Å²) in [6.45, 7) is 1.83. The van der Waals surface area contributed by atoms with E-state index in [9.17, 15) is 9.59 Å². The van der Waals surface area contributed by atoms with Crippen LogP contribution in [0.15, 0.2) is 42.5 Å². The molecule has 7 heteroatoms. The number of carboxylic acid groups (broad SMARTS) is 1. The third-order valence-corrected chi connectivity index (χ3v) is 4.44. The molecule has 0 fully saturated rings. The molecule has 2 aromatic rings. The molecule has 2 rings (SSSR count). The van der Waals surface area contributed by atoms with E-state index < -0.39 is 11.9 Å². The fourth-order valence-corrected chi connectivity index (χ4v) is 3.02. The van der Waals surface area contributed by atoms with E-state index in [0.29, 0.717) is 34.1 Å². The van der Waals surface area contributed by atoms with Crippen LogP contribution in [-0.2, 0) is 4.79 Å². The van der Waals surface area contributed by atoms with Gasteiger partial charge in [-0.1, -0.05) is 6.08 Å². The number of hydrogen-bond acceptors (Lipinski definition) is 6. The van der Waals surface area contributed by atoms with E-state index in [1.165, 1.54) is 27.4 Å². The highest BCUT2D eigenvalue weighted by Gasteiger charge is 2.24. The maximum Gasteiger partial charge on any atom is 0.328 e. The van der Waals surface area contributed by atoms with Gasteiger partial charge in [0.05, 0.1) is 34.4 Å². The molecule has 1 N–H and O–H groups in total. The largest absolute Gasteiger partial charge is 0.496 e. The van der Waals surface area contributed by atoms with E-state index in [1.807, 2.05) is 6.92 Å². The molecule has 1 atom stereocenters. The molecule has 0 aliphatic heterocycles. The van der Waals surface area contributed by atoms with Crippen molar-refractivity contribution < 1.29 is 33.6 Å². The fourth-order valence-electron chi connectivity index (χ4n) is 3.02. The minimum absolute atomic E-state index is 0.275. The lowest BCUT2D eigenvalue weighted by atomic mass is 9.89. The third kappa shape index (κ3) is 4.87. The summed E-state index contributed by atoms with van der Waals surface area (Å²) < 4.78 is 21.3. The number of methoxy groups -OCH3 is 4. The van der Waals surface area contributed by atoms with E-state index in [-0.39, 0.29) is 5.78 Å². The number of aryl methyl sites for hydroxylation is 1. The van der Waals surface area contributed by atoms with Crippen molar-refractivity contribution in [3.05, 3.63) is 59.2 Å². The summed E-state index contributed by atoms with van der Waals surface area (Å²) in [5, 5.41) is 9.07. The average Bonchev–Trinajstić information content (AvgIpc) is 2.72. The van der Waals surface area contributed by atoms with Crippen molar-refractivity contribution in [2.75, 3.05) is 28.4 Å². The van der Waals surface area contributed by atoms with Crippen molar-refractivity contribution in [3.63, 3.8) is 0 Å². The van der Waals surface area contributed by atoms with Crippen LogP contribution in [0, 0.1) is 6.92 Å². The van der Waals surface area contributed by atoms with Gasteiger partial charge in [-0.25, -0.2) is 4.79 Å². The summed E-state index contributed by atoms with van der Waals surface area (Å²) in [6.07, 6.45) is 2.28. The molecule has 29 heavy (non-hydrogen) atoms. The van der Waals surface area contributed by atoms with Gasteiger partial charge in [-0.15, -0.1) is 0 Å². The summed E-state index contributed by atoms with van der Waals surface area (Å²) in [7, 11) is 5.97. The highest BCUT2D eigenvalue weighted by molar-refractivity contribution is 6.03. The van der Waals surface area contributed by atoms with Gasteiger partial charge in [-0.2, -0.15) is 0 Å². The lowest BCUT2D eigenvalue weighted by molar-refractivity contribution is -0.131. The van der Waals surface area contributed by atoms with Crippen LogP contribution in [0.1, 0.15) is 27.4 Å². The zero-order chi connectivity index (χ0) is 21.6. The van der Waals surface area contributed by atoms with Crippen LogP contribution in [0.25, 0.3) is 0 Å². The molecule has 0 amide bonds. The van der Waals surface area contributed by atoms with Gasteiger partial charge in [0.2, 0.25) is 5.75 Å². The second-order valence-electron chi connectivity index (χ2n) is 6.18. The maximum absolute atomic E-state index is 13.3. The monoisotopic (exact) mass is 400 g/mol. The second-order valence-corrected chi connectivity index (χ2v) is 6.18. The van der Waals surface area contributed by atoms with Crippen LogP contribution >= 0.6 is 0 Å². The highest BCUT2D eigenvalue weighted by Crippen LogP contribution is 2.41. The van der Waals surface area contributed by atoms with Crippen molar-refractivity contribution >= 4 is 11.8 Å². The number of ether oxygens (including phenoxy) is 4. The Bertz CT molecular complexity index is 906. The lowest BCUT2D eigenvalue weighted by Crippen LogP contribution is -2.13. The van der Waals surface area contributed by atoms with E-state index in [1.54, 1.807) is 37.4 Å². The van der Waals surface area contributed by atoms with Gasteiger partial charge in [-0.05, 0) is 48.4 Å². The average molecular weight is 400 g/mol. The first-order valence-corrected chi connectivity index (χ1v) is 8.76. The minimum atomic E-state index is -1.15. The predicted octanol–water partition coefficient (Wildman–Crippen LogP) is 3.64. The molecule has 0 aromatic heterocycles. The van der Waals surface area contributed by atoms with Gasteiger partial charge >= 0.3 is 5.97 Å². The Morgan fingerprint density at radius 1 is 0.897 bits per heavy atom. The summed E-state index contributed by atoms with van der Waals surface area (Å²) >= 11 is 0. The van der Waals surface area contributed by atoms with Crippen LogP contribution in [0.3, 0.4) is 0 Å². The van der Waals surface area contributed by atoms with Gasteiger partial charge in [0.1, 0.15) is 5.75 Å². The normalized spacial score (nSPS) is 11.8. The Kier molecular flexibility index (Phi) is 7.25. The molecule has 0 radical (unpaired) electrons. The first kappa shape index (κ1) is 21.8. The number of benzene rings is 2. The molecular formula is C22H24O7. The summed E-state index contributed by atoms with van der Waals surface area (Å²) in [5.74, 6) is -0.515. The van der Waals surface area contributed by atoms with Crippen molar-refractivity contribution in [2.45, 2.75) is 12.8 Å². The Hall–Kier alpha value is -3.48. The number of carbonyl (C=O) groups is 2. The lowest BCUT2D eigenvalue weighted by Gasteiger charge is -2.18. The van der Waals surface area contributed by atoms with E-state index in [4.69, 9.17) is 24.1 Å². The van der Waals surface area contributed by atoms with Gasteiger partial charge < -0.3 is 24.1 Å².